The molecule has 0 N–H and O–H groups in total. The zero-order valence-electron chi connectivity index (χ0n) is 10.00. The number of hydrogen-bond acceptors (Lipinski definition) is 3. The van der Waals surface area contributed by atoms with Crippen molar-refractivity contribution in [3.8, 4) is 5.75 Å². The fourth-order valence-electron chi connectivity index (χ4n) is 2.19. The van der Waals surface area contributed by atoms with Crippen molar-refractivity contribution >= 4 is 11.6 Å². The van der Waals surface area contributed by atoms with Crippen molar-refractivity contribution < 1.29 is 13.9 Å². The normalized spacial score (nSPS) is 18.6. The molecule has 18 heavy (non-hydrogen) atoms. The second-order valence-corrected chi connectivity index (χ2v) is 4.20. The van der Waals surface area contributed by atoms with Gasteiger partial charge in [0.25, 0.3) is 0 Å². The van der Waals surface area contributed by atoms with Crippen molar-refractivity contribution in [2.24, 2.45) is 0 Å². The zero-order chi connectivity index (χ0) is 12.5. The Morgan fingerprint density at radius 3 is 2.61 bits per heavy atom. The number of nitrogens with zero attached hydrogens (tertiary/aromatic N) is 1. The Balaban J connectivity index is 1.87. The van der Waals surface area contributed by atoms with Gasteiger partial charge in [-0.1, -0.05) is 0 Å². The Morgan fingerprint density at radius 2 is 2.06 bits per heavy atom. The fourth-order valence-corrected chi connectivity index (χ4v) is 2.19. The number of amides is 1. The maximum Gasteiger partial charge on any atom is 0.230 e. The van der Waals surface area contributed by atoms with Crippen LogP contribution in [0.25, 0.3) is 0 Å². The maximum absolute atomic E-state index is 11.7. The van der Waals surface area contributed by atoms with E-state index < -0.39 is 0 Å². The predicted octanol–water partition coefficient (Wildman–Crippen LogP) is 2.77. The average molecular weight is 243 g/mol. The molecule has 1 saturated heterocycles. The van der Waals surface area contributed by atoms with Gasteiger partial charge in [-0.05, 0) is 36.4 Å². The van der Waals surface area contributed by atoms with E-state index in [1.807, 2.05) is 36.4 Å². The summed E-state index contributed by atoms with van der Waals surface area (Å²) in [5, 5.41) is 0. The van der Waals surface area contributed by atoms with E-state index in [4.69, 9.17) is 9.15 Å². The van der Waals surface area contributed by atoms with Crippen LogP contribution in [-0.2, 0) is 4.79 Å². The van der Waals surface area contributed by atoms with E-state index in [1.54, 1.807) is 18.3 Å². The standard InChI is InChI=1S/C14H13NO3/c1-17-11-6-4-10(5-7-11)15-12(9-14(15)16)13-3-2-8-18-13/h2-8,12H,9H2,1H3/t12-/m1/s1. The van der Waals surface area contributed by atoms with Gasteiger partial charge in [0.1, 0.15) is 17.6 Å². The lowest BCUT2D eigenvalue weighted by Crippen LogP contribution is -2.46. The molecule has 2 heterocycles. The molecule has 1 amide bonds. The van der Waals surface area contributed by atoms with Crippen LogP contribution in [-0.4, -0.2) is 13.0 Å². The molecular formula is C14H13NO3. The van der Waals surface area contributed by atoms with Crippen LogP contribution in [0.15, 0.2) is 47.1 Å². The summed E-state index contributed by atoms with van der Waals surface area (Å²) in [6, 6.07) is 11.2. The van der Waals surface area contributed by atoms with E-state index in [1.165, 1.54) is 0 Å². The van der Waals surface area contributed by atoms with Crippen LogP contribution in [0.4, 0.5) is 5.69 Å². The van der Waals surface area contributed by atoms with Gasteiger partial charge in [-0.2, -0.15) is 0 Å². The topological polar surface area (TPSA) is 42.7 Å². The first-order valence-electron chi connectivity index (χ1n) is 5.79. The van der Waals surface area contributed by atoms with Crippen molar-refractivity contribution in [2.45, 2.75) is 12.5 Å². The molecule has 0 unspecified atom stereocenters. The Kier molecular flexibility index (Phi) is 2.55. The van der Waals surface area contributed by atoms with Crippen molar-refractivity contribution in [1.29, 1.82) is 0 Å². The highest BCUT2D eigenvalue weighted by atomic mass is 16.5. The molecule has 2 aromatic rings. The highest BCUT2D eigenvalue weighted by molar-refractivity contribution is 6.00. The lowest BCUT2D eigenvalue weighted by molar-refractivity contribution is -0.124. The summed E-state index contributed by atoms with van der Waals surface area (Å²) in [5.41, 5.74) is 0.869. The van der Waals surface area contributed by atoms with Crippen molar-refractivity contribution in [3.63, 3.8) is 0 Å². The van der Waals surface area contributed by atoms with E-state index in [9.17, 15) is 4.79 Å². The number of β-lactam (4-membered cyclic amide) rings is 1. The number of furan rings is 1. The molecule has 1 fully saturated rings. The largest absolute Gasteiger partial charge is 0.497 e. The number of rotatable bonds is 3. The molecule has 0 bridgehead atoms. The molecule has 0 radical (unpaired) electrons. The molecule has 1 atom stereocenters. The molecule has 0 aliphatic carbocycles. The lowest BCUT2D eigenvalue weighted by atomic mass is 9.98. The molecule has 1 aliphatic rings. The lowest BCUT2D eigenvalue weighted by Gasteiger charge is -2.39. The first kappa shape index (κ1) is 10.9. The highest BCUT2D eigenvalue weighted by Gasteiger charge is 2.39. The van der Waals surface area contributed by atoms with Gasteiger partial charge in [0.2, 0.25) is 5.91 Å². The first-order chi connectivity index (χ1) is 8.79. The second-order valence-electron chi connectivity index (χ2n) is 4.20. The molecule has 4 heteroatoms. The van der Waals surface area contributed by atoms with Gasteiger partial charge >= 0.3 is 0 Å². The summed E-state index contributed by atoms with van der Waals surface area (Å²) >= 11 is 0. The minimum atomic E-state index is 0.0147. The summed E-state index contributed by atoms with van der Waals surface area (Å²) < 4.78 is 10.5. The summed E-state index contributed by atoms with van der Waals surface area (Å²) in [4.78, 5) is 13.5. The van der Waals surface area contributed by atoms with Crippen LogP contribution in [0.2, 0.25) is 0 Å². The third-order valence-corrected chi connectivity index (χ3v) is 3.17. The Morgan fingerprint density at radius 1 is 1.28 bits per heavy atom. The number of carbonyl (C=O) groups excluding carboxylic acids is 1. The molecule has 0 saturated carbocycles. The number of hydrogen-bond donors (Lipinski definition) is 0. The fraction of sp³-hybridized carbons (Fsp3) is 0.214. The molecule has 1 aliphatic heterocycles. The first-order valence-corrected chi connectivity index (χ1v) is 5.79. The maximum atomic E-state index is 11.7. The second kappa shape index (κ2) is 4.22. The van der Waals surface area contributed by atoms with Crippen LogP contribution in [0.1, 0.15) is 18.2 Å². The van der Waals surface area contributed by atoms with Crippen molar-refractivity contribution in [2.75, 3.05) is 12.0 Å². The third kappa shape index (κ3) is 1.66. The highest BCUT2D eigenvalue weighted by Crippen LogP contribution is 2.39. The van der Waals surface area contributed by atoms with Gasteiger partial charge < -0.3 is 14.1 Å². The van der Waals surface area contributed by atoms with Crippen LogP contribution in [0.3, 0.4) is 0 Å². The van der Waals surface area contributed by atoms with E-state index in [-0.39, 0.29) is 11.9 Å². The molecule has 1 aromatic heterocycles. The third-order valence-electron chi connectivity index (χ3n) is 3.17. The Labute approximate surface area is 105 Å². The Bertz CT molecular complexity index is 545. The molecule has 3 rings (SSSR count). The minimum absolute atomic E-state index is 0.0147. The number of benzene rings is 1. The van der Waals surface area contributed by atoms with Gasteiger partial charge in [-0.3, -0.25) is 4.79 Å². The van der Waals surface area contributed by atoms with Gasteiger partial charge in [0.05, 0.1) is 19.8 Å². The summed E-state index contributed by atoms with van der Waals surface area (Å²) in [6.45, 7) is 0. The summed E-state index contributed by atoms with van der Waals surface area (Å²) in [7, 11) is 1.62. The van der Waals surface area contributed by atoms with Crippen LogP contribution in [0.5, 0.6) is 5.75 Å². The van der Waals surface area contributed by atoms with Crippen LogP contribution < -0.4 is 9.64 Å². The van der Waals surface area contributed by atoms with Gasteiger partial charge in [-0.15, -0.1) is 0 Å². The van der Waals surface area contributed by atoms with Gasteiger partial charge in [0, 0.05) is 5.69 Å². The SMILES string of the molecule is COc1ccc(N2C(=O)C[C@@H]2c2ccco2)cc1. The van der Waals surface area contributed by atoms with Crippen molar-refractivity contribution in [1.82, 2.24) is 0 Å². The predicted molar refractivity (Wildman–Crippen MR) is 66.5 cm³/mol. The molecule has 92 valence electrons. The number of anilines is 1. The molecule has 4 nitrogen and oxygen atoms in total. The molecule has 0 spiro atoms. The number of carbonyl (C=O) groups is 1. The van der Waals surface area contributed by atoms with Gasteiger partial charge in [0.15, 0.2) is 0 Å². The number of ether oxygens (including phenoxy) is 1. The molecular weight excluding hydrogens is 230 g/mol. The van der Waals surface area contributed by atoms with E-state index >= 15 is 0 Å². The van der Waals surface area contributed by atoms with Crippen molar-refractivity contribution in [3.05, 3.63) is 48.4 Å². The van der Waals surface area contributed by atoms with E-state index in [2.05, 4.69) is 0 Å². The quantitative estimate of drug-likeness (QED) is 0.778. The van der Waals surface area contributed by atoms with Crippen LogP contribution in [0, 0.1) is 0 Å². The average Bonchev–Trinajstić information content (AvgIpc) is 2.90. The van der Waals surface area contributed by atoms with E-state index in [0.717, 1.165) is 17.2 Å². The summed E-state index contributed by atoms with van der Waals surface area (Å²) in [6.07, 6.45) is 2.13. The van der Waals surface area contributed by atoms with Gasteiger partial charge in [-0.25, -0.2) is 0 Å². The zero-order valence-corrected chi connectivity index (χ0v) is 10.00. The summed E-state index contributed by atoms with van der Waals surface area (Å²) in [5.74, 6) is 1.72. The smallest absolute Gasteiger partial charge is 0.230 e. The van der Waals surface area contributed by atoms with Crippen LogP contribution >= 0.6 is 0 Å². The Hall–Kier alpha value is -2.23. The monoisotopic (exact) mass is 243 g/mol. The number of methoxy groups -OCH3 is 1. The van der Waals surface area contributed by atoms with E-state index in [0.29, 0.717) is 6.42 Å². The minimum Gasteiger partial charge on any atom is -0.497 e. The molecule has 1 aromatic carbocycles.